The van der Waals surface area contributed by atoms with Crippen LogP contribution in [0, 0.1) is 0 Å². The molecule has 5 nitrogen and oxygen atoms in total. The molecule has 0 amide bonds. The summed E-state index contributed by atoms with van der Waals surface area (Å²) < 4.78 is 0. The van der Waals surface area contributed by atoms with Crippen molar-refractivity contribution in [2.75, 3.05) is 10.7 Å². The van der Waals surface area contributed by atoms with E-state index >= 15 is 0 Å². The molecule has 0 radical (unpaired) electrons. The van der Waals surface area contributed by atoms with Crippen LogP contribution in [0.5, 0.6) is 0 Å². The van der Waals surface area contributed by atoms with E-state index in [0.29, 0.717) is 5.82 Å². The first kappa shape index (κ1) is 10.7. The van der Waals surface area contributed by atoms with Gasteiger partial charge in [-0.1, -0.05) is 6.92 Å². The van der Waals surface area contributed by atoms with Gasteiger partial charge in [0.1, 0.15) is 18.0 Å². The number of hydrazine groups is 1. The third kappa shape index (κ3) is 2.85. The van der Waals surface area contributed by atoms with Gasteiger partial charge in [-0.25, -0.2) is 15.8 Å². The molecule has 78 valence electrons. The fourth-order valence-corrected chi connectivity index (χ4v) is 0.940. The second-order valence-corrected chi connectivity index (χ2v) is 3.80. The van der Waals surface area contributed by atoms with Crippen molar-refractivity contribution in [3.8, 4) is 0 Å². The number of hydrogen-bond acceptors (Lipinski definition) is 5. The normalized spacial score (nSPS) is 11.1. The number of anilines is 2. The van der Waals surface area contributed by atoms with Gasteiger partial charge in [0, 0.05) is 11.6 Å². The third-order valence-corrected chi connectivity index (χ3v) is 2.17. The zero-order chi connectivity index (χ0) is 10.6. The Labute approximate surface area is 84.1 Å². The van der Waals surface area contributed by atoms with Gasteiger partial charge < -0.3 is 10.7 Å². The Bertz CT molecular complexity index is 297. The van der Waals surface area contributed by atoms with E-state index in [1.807, 2.05) is 0 Å². The molecular formula is C9H17N5. The van der Waals surface area contributed by atoms with Crippen molar-refractivity contribution < 1.29 is 0 Å². The summed E-state index contributed by atoms with van der Waals surface area (Å²) in [5.41, 5.74) is 2.51. The first-order chi connectivity index (χ1) is 6.57. The minimum atomic E-state index is 0.0280. The molecule has 0 atom stereocenters. The molecule has 0 saturated heterocycles. The number of hydrogen-bond donors (Lipinski definition) is 3. The van der Waals surface area contributed by atoms with Crippen molar-refractivity contribution in [1.82, 2.24) is 9.97 Å². The molecule has 5 heteroatoms. The van der Waals surface area contributed by atoms with Gasteiger partial charge in [0.2, 0.25) is 0 Å². The molecule has 0 spiro atoms. The predicted molar refractivity (Wildman–Crippen MR) is 57.8 cm³/mol. The van der Waals surface area contributed by atoms with Crippen LogP contribution in [0.4, 0.5) is 11.6 Å². The van der Waals surface area contributed by atoms with Crippen molar-refractivity contribution in [1.29, 1.82) is 0 Å². The molecule has 1 aromatic rings. The average molecular weight is 195 g/mol. The molecule has 0 fully saturated rings. The maximum absolute atomic E-state index is 5.25. The smallest absolute Gasteiger partial charge is 0.145 e. The van der Waals surface area contributed by atoms with Gasteiger partial charge in [-0.2, -0.15) is 0 Å². The molecule has 0 bridgehead atoms. The number of nitrogens with zero attached hydrogens (tertiary/aromatic N) is 2. The van der Waals surface area contributed by atoms with E-state index in [-0.39, 0.29) is 5.54 Å². The van der Waals surface area contributed by atoms with Gasteiger partial charge >= 0.3 is 0 Å². The SMILES string of the molecule is CCC(C)(C)Nc1cc(NN)ncn1. The highest BCUT2D eigenvalue weighted by atomic mass is 15.3. The van der Waals surface area contributed by atoms with Gasteiger partial charge in [0.15, 0.2) is 0 Å². The molecule has 1 rings (SSSR count). The number of nitrogens with one attached hydrogen (secondary N) is 2. The van der Waals surface area contributed by atoms with E-state index < -0.39 is 0 Å². The van der Waals surface area contributed by atoms with Crippen LogP contribution in [0.2, 0.25) is 0 Å². The van der Waals surface area contributed by atoms with Crippen molar-refractivity contribution in [3.63, 3.8) is 0 Å². The topological polar surface area (TPSA) is 75.9 Å². The Balaban J connectivity index is 2.76. The Morgan fingerprint density at radius 2 is 2.00 bits per heavy atom. The van der Waals surface area contributed by atoms with Gasteiger partial charge in [-0.15, -0.1) is 0 Å². The molecule has 4 N–H and O–H groups in total. The quantitative estimate of drug-likeness (QED) is 0.499. The Kier molecular flexibility index (Phi) is 3.24. The summed E-state index contributed by atoms with van der Waals surface area (Å²) in [4.78, 5) is 8.03. The summed E-state index contributed by atoms with van der Waals surface area (Å²) in [6, 6.07) is 1.78. The molecule has 0 aromatic carbocycles. The number of aromatic nitrogens is 2. The van der Waals surface area contributed by atoms with E-state index in [1.165, 1.54) is 6.33 Å². The van der Waals surface area contributed by atoms with Crippen LogP contribution in [-0.4, -0.2) is 15.5 Å². The largest absolute Gasteiger partial charge is 0.365 e. The van der Waals surface area contributed by atoms with Gasteiger partial charge in [0.05, 0.1) is 0 Å². The fourth-order valence-electron chi connectivity index (χ4n) is 0.940. The van der Waals surface area contributed by atoms with Crippen LogP contribution < -0.4 is 16.6 Å². The van der Waals surface area contributed by atoms with Crippen molar-refractivity contribution in [2.45, 2.75) is 32.7 Å². The summed E-state index contributed by atoms with van der Waals surface area (Å²) in [7, 11) is 0. The molecule has 0 unspecified atom stereocenters. The van der Waals surface area contributed by atoms with Gasteiger partial charge in [-0.05, 0) is 20.3 Å². The lowest BCUT2D eigenvalue weighted by molar-refractivity contribution is 0.545. The molecular weight excluding hydrogens is 178 g/mol. The Hall–Kier alpha value is -1.36. The van der Waals surface area contributed by atoms with Crippen LogP contribution in [0.25, 0.3) is 0 Å². The number of nitrogens with two attached hydrogens (primary N) is 1. The van der Waals surface area contributed by atoms with Crippen LogP contribution in [0.1, 0.15) is 27.2 Å². The number of nitrogen functional groups attached to an aromatic ring is 1. The minimum Gasteiger partial charge on any atom is -0.365 e. The third-order valence-electron chi connectivity index (χ3n) is 2.17. The summed E-state index contributed by atoms with van der Waals surface area (Å²) in [5.74, 6) is 6.63. The molecule has 0 aliphatic carbocycles. The van der Waals surface area contributed by atoms with E-state index in [1.54, 1.807) is 6.07 Å². The van der Waals surface area contributed by atoms with Gasteiger partial charge in [0.25, 0.3) is 0 Å². The lowest BCUT2D eigenvalue weighted by Crippen LogP contribution is -2.30. The average Bonchev–Trinajstić information content (AvgIpc) is 2.17. The maximum Gasteiger partial charge on any atom is 0.145 e. The lowest BCUT2D eigenvalue weighted by Gasteiger charge is -2.25. The van der Waals surface area contributed by atoms with Crippen LogP contribution in [0.3, 0.4) is 0 Å². The Morgan fingerprint density at radius 1 is 1.36 bits per heavy atom. The molecule has 14 heavy (non-hydrogen) atoms. The fraction of sp³-hybridized carbons (Fsp3) is 0.556. The van der Waals surface area contributed by atoms with Crippen LogP contribution >= 0.6 is 0 Å². The first-order valence-electron chi connectivity index (χ1n) is 4.64. The van der Waals surface area contributed by atoms with Crippen molar-refractivity contribution >= 4 is 11.6 Å². The first-order valence-corrected chi connectivity index (χ1v) is 4.64. The summed E-state index contributed by atoms with van der Waals surface area (Å²) >= 11 is 0. The molecule has 0 saturated carbocycles. The zero-order valence-corrected chi connectivity index (χ0v) is 8.83. The Morgan fingerprint density at radius 3 is 2.57 bits per heavy atom. The molecule has 0 aliphatic heterocycles. The lowest BCUT2D eigenvalue weighted by atomic mass is 10.0. The predicted octanol–water partition coefficient (Wildman–Crippen LogP) is 1.36. The second kappa shape index (κ2) is 4.23. The standard InChI is InChI=1S/C9H17N5/c1-4-9(2,3)13-7-5-8(14-10)12-6-11-7/h5-6H,4,10H2,1-3H3,(H2,11,12,13,14). The summed E-state index contributed by atoms with van der Waals surface area (Å²) in [5, 5.41) is 3.30. The molecule has 1 aromatic heterocycles. The highest BCUT2D eigenvalue weighted by Gasteiger charge is 2.14. The van der Waals surface area contributed by atoms with E-state index in [4.69, 9.17) is 5.84 Å². The minimum absolute atomic E-state index is 0.0280. The summed E-state index contributed by atoms with van der Waals surface area (Å²) in [6.45, 7) is 6.35. The summed E-state index contributed by atoms with van der Waals surface area (Å²) in [6.07, 6.45) is 2.49. The van der Waals surface area contributed by atoms with E-state index in [2.05, 4.69) is 41.5 Å². The zero-order valence-electron chi connectivity index (χ0n) is 8.83. The van der Waals surface area contributed by atoms with Crippen molar-refractivity contribution in [3.05, 3.63) is 12.4 Å². The number of rotatable bonds is 4. The highest BCUT2D eigenvalue weighted by molar-refractivity contribution is 5.46. The molecule has 1 heterocycles. The molecule has 0 aliphatic rings. The van der Waals surface area contributed by atoms with E-state index in [9.17, 15) is 0 Å². The van der Waals surface area contributed by atoms with Gasteiger partial charge in [-0.3, -0.25) is 0 Å². The van der Waals surface area contributed by atoms with Crippen LogP contribution in [-0.2, 0) is 0 Å². The van der Waals surface area contributed by atoms with Crippen LogP contribution in [0.15, 0.2) is 12.4 Å². The monoisotopic (exact) mass is 195 g/mol. The van der Waals surface area contributed by atoms with E-state index in [0.717, 1.165) is 12.2 Å². The second-order valence-electron chi connectivity index (χ2n) is 3.80. The highest BCUT2D eigenvalue weighted by Crippen LogP contribution is 2.16. The maximum atomic E-state index is 5.25. The van der Waals surface area contributed by atoms with Crippen molar-refractivity contribution in [2.24, 2.45) is 5.84 Å².